The summed E-state index contributed by atoms with van der Waals surface area (Å²) in [6, 6.07) is 9.31. The van der Waals surface area contributed by atoms with E-state index < -0.39 is 16.1 Å². The lowest BCUT2D eigenvalue weighted by Crippen LogP contribution is -2.59. The van der Waals surface area contributed by atoms with Gasteiger partial charge in [0.2, 0.25) is 15.9 Å². The summed E-state index contributed by atoms with van der Waals surface area (Å²) >= 11 is 0. The fourth-order valence-electron chi connectivity index (χ4n) is 3.41. The molecule has 2 heterocycles. The summed E-state index contributed by atoms with van der Waals surface area (Å²) in [6.07, 6.45) is 1.51. The monoisotopic (exact) mass is 391 g/mol. The number of benzene rings is 1. The third-order valence-electron chi connectivity index (χ3n) is 4.82. The first-order chi connectivity index (χ1) is 12.8. The molecule has 0 aliphatic carbocycles. The molecule has 146 valence electrons. The molecule has 0 unspecified atom stereocenters. The maximum atomic E-state index is 13.1. The number of likely N-dealkylation sites (N-methyl/N-ethyl adjacent to an activating group) is 1. The molecule has 0 radical (unpaired) electrons. The van der Waals surface area contributed by atoms with E-state index in [9.17, 15) is 13.2 Å². The average Bonchev–Trinajstić information content (AvgIpc) is 3.01. The first-order valence-electron chi connectivity index (χ1n) is 8.83. The minimum Gasteiger partial charge on any atom is -0.358 e. The second-order valence-corrected chi connectivity index (χ2v) is 8.61. The molecule has 1 aromatic carbocycles. The van der Waals surface area contributed by atoms with Crippen LogP contribution < -0.4 is 5.32 Å². The van der Waals surface area contributed by atoms with Gasteiger partial charge in [0.25, 0.3) is 0 Å². The van der Waals surface area contributed by atoms with Crippen LogP contribution in [0.2, 0.25) is 0 Å². The zero-order valence-electron chi connectivity index (χ0n) is 15.8. The second kappa shape index (κ2) is 7.79. The highest BCUT2D eigenvalue weighted by molar-refractivity contribution is 7.89. The molecule has 0 saturated carbocycles. The Hall–Kier alpha value is -2.23. The van der Waals surface area contributed by atoms with E-state index in [1.54, 1.807) is 21.0 Å². The standard InChI is InChI=1S/C18H25N5O3S/c1-14-17(13-21(3)20-14)27(25,26)23-10-9-22(16(12-23)18(24)19-2)11-15-7-5-4-6-8-15/h4-8,13,16H,9-12H2,1-3H3,(H,19,24)/t16-/m1/s1. The van der Waals surface area contributed by atoms with Crippen molar-refractivity contribution in [2.24, 2.45) is 7.05 Å². The van der Waals surface area contributed by atoms with Crippen LogP contribution in [0.15, 0.2) is 41.4 Å². The second-order valence-electron chi connectivity index (χ2n) is 6.70. The first kappa shape index (κ1) is 19.5. The Kier molecular flexibility index (Phi) is 5.64. The molecule has 3 rings (SSSR count). The lowest BCUT2D eigenvalue weighted by molar-refractivity contribution is -0.127. The summed E-state index contributed by atoms with van der Waals surface area (Å²) in [5, 5.41) is 6.79. The Morgan fingerprint density at radius 2 is 1.96 bits per heavy atom. The highest BCUT2D eigenvalue weighted by atomic mass is 32.2. The summed E-state index contributed by atoms with van der Waals surface area (Å²) in [6.45, 7) is 3.19. The lowest BCUT2D eigenvalue weighted by Gasteiger charge is -2.39. The summed E-state index contributed by atoms with van der Waals surface area (Å²) < 4.78 is 29.0. The Morgan fingerprint density at radius 3 is 2.56 bits per heavy atom. The van der Waals surface area contributed by atoms with Crippen molar-refractivity contribution in [2.45, 2.75) is 24.4 Å². The van der Waals surface area contributed by atoms with Gasteiger partial charge < -0.3 is 5.32 Å². The Morgan fingerprint density at radius 1 is 1.26 bits per heavy atom. The van der Waals surface area contributed by atoms with Crippen LogP contribution in [-0.2, 0) is 28.4 Å². The van der Waals surface area contributed by atoms with E-state index in [4.69, 9.17) is 0 Å². The Balaban J connectivity index is 1.83. The van der Waals surface area contributed by atoms with E-state index in [0.717, 1.165) is 5.56 Å². The number of aryl methyl sites for hydroxylation is 2. The number of carbonyl (C=O) groups excluding carboxylic acids is 1. The molecule has 1 saturated heterocycles. The highest BCUT2D eigenvalue weighted by Crippen LogP contribution is 2.23. The molecule has 0 spiro atoms. The van der Waals surface area contributed by atoms with Crippen LogP contribution in [0.5, 0.6) is 0 Å². The van der Waals surface area contributed by atoms with Crippen molar-refractivity contribution in [3.8, 4) is 0 Å². The molecule has 1 amide bonds. The van der Waals surface area contributed by atoms with E-state index in [0.29, 0.717) is 25.3 Å². The fraction of sp³-hybridized carbons (Fsp3) is 0.444. The van der Waals surface area contributed by atoms with Gasteiger partial charge in [-0.15, -0.1) is 0 Å². The number of amides is 1. The summed E-state index contributed by atoms with van der Waals surface area (Å²) in [4.78, 5) is 14.7. The highest BCUT2D eigenvalue weighted by Gasteiger charge is 2.38. The van der Waals surface area contributed by atoms with Crippen molar-refractivity contribution in [2.75, 3.05) is 26.7 Å². The number of hydrogen-bond acceptors (Lipinski definition) is 5. The van der Waals surface area contributed by atoms with Crippen LogP contribution in [0, 0.1) is 6.92 Å². The molecule has 1 aliphatic rings. The average molecular weight is 391 g/mol. The van der Waals surface area contributed by atoms with Gasteiger partial charge in [-0.05, 0) is 12.5 Å². The molecular weight excluding hydrogens is 366 g/mol. The van der Waals surface area contributed by atoms with Crippen LogP contribution in [-0.4, -0.2) is 66.0 Å². The van der Waals surface area contributed by atoms with Crippen molar-refractivity contribution in [1.29, 1.82) is 0 Å². The molecule has 9 heteroatoms. The van der Waals surface area contributed by atoms with Crippen molar-refractivity contribution in [1.82, 2.24) is 24.3 Å². The van der Waals surface area contributed by atoms with Crippen LogP contribution in [0.1, 0.15) is 11.3 Å². The molecule has 2 aromatic rings. The van der Waals surface area contributed by atoms with Gasteiger partial charge in [-0.2, -0.15) is 9.40 Å². The van der Waals surface area contributed by atoms with Crippen LogP contribution in [0.3, 0.4) is 0 Å². The van der Waals surface area contributed by atoms with Crippen molar-refractivity contribution in [3.63, 3.8) is 0 Å². The number of piperazine rings is 1. The van der Waals surface area contributed by atoms with Gasteiger partial charge in [-0.1, -0.05) is 30.3 Å². The quantitative estimate of drug-likeness (QED) is 0.795. The van der Waals surface area contributed by atoms with Gasteiger partial charge in [0, 0.05) is 46.5 Å². The van der Waals surface area contributed by atoms with Crippen molar-refractivity contribution >= 4 is 15.9 Å². The maximum absolute atomic E-state index is 13.1. The largest absolute Gasteiger partial charge is 0.358 e. The van der Waals surface area contributed by atoms with Gasteiger partial charge in [-0.3, -0.25) is 14.4 Å². The molecule has 1 fully saturated rings. The first-order valence-corrected chi connectivity index (χ1v) is 10.3. The number of aromatic nitrogens is 2. The molecule has 0 bridgehead atoms. The topological polar surface area (TPSA) is 87.5 Å². The van der Waals surface area contributed by atoms with Gasteiger partial charge >= 0.3 is 0 Å². The van der Waals surface area contributed by atoms with E-state index in [2.05, 4.69) is 10.4 Å². The molecular formula is C18H25N5O3S. The fourth-order valence-corrected chi connectivity index (χ4v) is 5.04. The van der Waals surface area contributed by atoms with E-state index in [1.165, 1.54) is 15.2 Å². The third-order valence-corrected chi connectivity index (χ3v) is 6.79. The normalized spacial score (nSPS) is 19.1. The minimum atomic E-state index is -3.70. The van der Waals surface area contributed by atoms with Crippen molar-refractivity contribution < 1.29 is 13.2 Å². The molecule has 1 atom stereocenters. The van der Waals surface area contributed by atoms with Crippen molar-refractivity contribution in [3.05, 3.63) is 47.8 Å². The third kappa shape index (κ3) is 4.05. The van der Waals surface area contributed by atoms with Gasteiger partial charge in [0.15, 0.2) is 0 Å². The summed E-state index contributed by atoms with van der Waals surface area (Å²) in [5.74, 6) is -0.186. The summed E-state index contributed by atoms with van der Waals surface area (Å²) in [7, 11) is -0.437. The van der Waals surface area contributed by atoms with E-state index in [-0.39, 0.29) is 17.3 Å². The van der Waals surface area contributed by atoms with E-state index >= 15 is 0 Å². The zero-order chi connectivity index (χ0) is 19.6. The number of hydrogen-bond donors (Lipinski definition) is 1. The number of nitrogens with zero attached hydrogens (tertiary/aromatic N) is 4. The number of sulfonamides is 1. The van der Waals surface area contributed by atoms with E-state index in [1.807, 2.05) is 35.2 Å². The maximum Gasteiger partial charge on any atom is 0.246 e. The van der Waals surface area contributed by atoms with Gasteiger partial charge in [0.1, 0.15) is 10.9 Å². The SMILES string of the molecule is CNC(=O)[C@H]1CN(S(=O)(=O)c2cn(C)nc2C)CCN1Cc1ccccc1. The zero-order valence-corrected chi connectivity index (χ0v) is 16.6. The minimum absolute atomic E-state index is 0.114. The number of nitrogens with one attached hydrogen (secondary N) is 1. The lowest BCUT2D eigenvalue weighted by atomic mass is 10.1. The molecule has 1 aromatic heterocycles. The van der Waals surface area contributed by atoms with Crippen LogP contribution >= 0.6 is 0 Å². The molecule has 27 heavy (non-hydrogen) atoms. The smallest absolute Gasteiger partial charge is 0.246 e. The predicted octanol–water partition coefficient (Wildman–Crippen LogP) is 0.350. The van der Waals surface area contributed by atoms with Gasteiger partial charge in [0.05, 0.1) is 5.69 Å². The Bertz CT molecular complexity index is 910. The number of carbonyl (C=O) groups is 1. The van der Waals surface area contributed by atoms with Crippen LogP contribution in [0.25, 0.3) is 0 Å². The molecule has 8 nitrogen and oxygen atoms in total. The van der Waals surface area contributed by atoms with Gasteiger partial charge in [-0.25, -0.2) is 8.42 Å². The molecule has 1 N–H and O–H groups in total. The van der Waals surface area contributed by atoms with Crippen LogP contribution in [0.4, 0.5) is 0 Å². The predicted molar refractivity (Wildman–Crippen MR) is 101 cm³/mol. The molecule has 1 aliphatic heterocycles. The summed E-state index contributed by atoms with van der Waals surface area (Å²) in [5.41, 5.74) is 1.55. The number of rotatable bonds is 5. The Labute approximate surface area is 159 Å².